The normalized spacial score (nSPS) is 11.9. The highest BCUT2D eigenvalue weighted by Crippen LogP contribution is 2.29. The van der Waals surface area contributed by atoms with Gasteiger partial charge >= 0.3 is 6.18 Å². The van der Waals surface area contributed by atoms with Crippen molar-refractivity contribution in [1.82, 2.24) is 10.6 Å². The van der Waals surface area contributed by atoms with Gasteiger partial charge in [-0.1, -0.05) is 30.3 Å². The Balaban J connectivity index is 1.85. The molecule has 0 saturated carbocycles. The third-order valence-corrected chi connectivity index (χ3v) is 3.85. The van der Waals surface area contributed by atoms with Crippen molar-refractivity contribution in [3.63, 3.8) is 0 Å². The molecular formula is C18H19F3N4O2. The topological polar surface area (TPSA) is 79.6 Å². The van der Waals surface area contributed by atoms with Gasteiger partial charge in [0.2, 0.25) is 0 Å². The number of hydrogen-bond acceptors (Lipinski definition) is 3. The second kappa shape index (κ2) is 9.02. The molecule has 2 N–H and O–H groups in total. The molecule has 0 aliphatic heterocycles. The molecule has 2 rings (SSSR count). The van der Waals surface area contributed by atoms with Crippen molar-refractivity contribution < 1.29 is 18.1 Å². The summed E-state index contributed by atoms with van der Waals surface area (Å²) in [7, 11) is 1.56. The molecule has 27 heavy (non-hydrogen) atoms. The van der Waals surface area contributed by atoms with E-state index in [1.165, 1.54) is 18.2 Å². The van der Waals surface area contributed by atoms with Crippen LogP contribution in [0.25, 0.3) is 0 Å². The van der Waals surface area contributed by atoms with Gasteiger partial charge < -0.3 is 10.6 Å². The largest absolute Gasteiger partial charge is 0.416 e. The van der Waals surface area contributed by atoms with Crippen molar-refractivity contribution in [1.29, 1.82) is 0 Å². The quantitative estimate of drug-likeness (QED) is 0.348. The molecule has 0 heterocycles. The highest BCUT2D eigenvalue weighted by molar-refractivity contribution is 5.79. The van der Waals surface area contributed by atoms with Crippen LogP contribution in [-0.4, -0.2) is 24.5 Å². The minimum absolute atomic E-state index is 0.0187. The van der Waals surface area contributed by atoms with E-state index in [1.807, 2.05) is 0 Å². The van der Waals surface area contributed by atoms with Gasteiger partial charge in [0.15, 0.2) is 5.96 Å². The molecule has 0 spiro atoms. The van der Waals surface area contributed by atoms with Crippen molar-refractivity contribution in [2.75, 3.05) is 13.6 Å². The van der Waals surface area contributed by atoms with E-state index in [9.17, 15) is 23.3 Å². The lowest BCUT2D eigenvalue weighted by Crippen LogP contribution is -2.38. The summed E-state index contributed by atoms with van der Waals surface area (Å²) in [5, 5.41) is 17.0. The zero-order valence-electron chi connectivity index (χ0n) is 14.6. The number of guanidine groups is 1. The van der Waals surface area contributed by atoms with Gasteiger partial charge in [-0.05, 0) is 24.1 Å². The van der Waals surface area contributed by atoms with Gasteiger partial charge in [-0.3, -0.25) is 15.1 Å². The summed E-state index contributed by atoms with van der Waals surface area (Å²) in [4.78, 5) is 14.6. The van der Waals surface area contributed by atoms with E-state index in [0.717, 1.165) is 17.7 Å². The minimum atomic E-state index is -4.34. The fourth-order valence-corrected chi connectivity index (χ4v) is 2.42. The van der Waals surface area contributed by atoms with Gasteiger partial charge in [0, 0.05) is 31.8 Å². The first kappa shape index (κ1) is 20.2. The first-order valence-corrected chi connectivity index (χ1v) is 8.14. The monoisotopic (exact) mass is 380 g/mol. The van der Waals surface area contributed by atoms with Crippen LogP contribution in [0, 0.1) is 10.1 Å². The van der Waals surface area contributed by atoms with Gasteiger partial charge in [0.25, 0.3) is 5.69 Å². The molecule has 144 valence electrons. The van der Waals surface area contributed by atoms with Gasteiger partial charge in [0.05, 0.1) is 10.5 Å². The van der Waals surface area contributed by atoms with Crippen LogP contribution in [0.4, 0.5) is 18.9 Å². The number of nitro benzene ring substituents is 1. The fourth-order valence-electron chi connectivity index (χ4n) is 2.42. The van der Waals surface area contributed by atoms with Crippen LogP contribution in [0.3, 0.4) is 0 Å². The van der Waals surface area contributed by atoms with Crippen molar-refractivity contribution in [2.45, 2.75) is 19.1 Å². The average Bonchev–Trinajstić information content (AvgIpc) is 2.64. The molecular weight excluding hydrogens is 361 g/mol. The van der Waals surface area contributed by atoms with Crippen molar-refractivity contribution in [3.05, 3.63) is 75.3 Å². The molecule has 2 aromatic carbocycles. The molecule has 0 aliphatic carbocycles. The first-order valence-electron chi connectivity index (χ1n) is 8.14. The van der Waals surface area contributed by atoms with Crippen molar-refractivity contribution in [2.24, 2.45) is 4.99 Å². The smallest absolute Gasteiger partial charge is 0.356 e. The molecule has 9 heteroatoms. The van der Waals surface area contributed by atoms with E-state index in [1.54, 1.807) is 25.2 Å². The summed E-state index contributed by atoms with van der Waals surface area (Å²) < 4.78 is 37.6. The van der Waals surface area contributed by atoms with Gasteiger partial charge in [-0.25, -0.2) is 0 Å². The predicted octanol–water partition coefficient (Wildman–Crippen LogP) is 3.52. The molecule has 2 aromatic rings. The Morgan fingerprint density at radius 1 is 1.11 bits per heavy atom. The van der Waals surface area contributed by atoms with Crippen LogP contribution >= 0.6 is 0 Å². The highest BCUT2D eigenvalue weighted by Gasteiger charge is 2.29. The lowest BCUT2D eigenvalue weighted by Gasteiger charge is -2.12. The number of aliphatic imine (C=N–C) groups is 1. The Hall–Kier alpha value is -3.10. The van der Waals surface area contributed by atoms with Gasteiger partial charge in [-0.2, -0.15) is 13.2 Å². The predicted molar refractivity (Wildman–Crippen MR) is 96.4 cm³/mol. The van der Waals surface area contributed by atoms with Crippen LogP contribution in [0.15, 0.2) is 53.5 Å². The average molecular weight is 380 g/mol. The van der Waals surface area contributed by atoms with Crippen LogP contribution in [-0.2, 0) is 19.1 Å². The summed E-state index contributed by atoms with van der Waals surface area (Å²) in [6.45, 7) is 0.666. The number of benzene rings is 2. The Kier molecular flexibility index (Phi) is 6.75. The van der Waals surface area contributed by atoms with E-state index >= 15 is 0 Å². The van der Waals surface area contributed by atoms with Gasteiger partial charge in [0.1, 0.15) is 0 Å². The van der Waals surface area contributed by atoms with Gasteiger partial charge in [-0.15, -0.1) is 0 Å². The van der Waals surface area contributed by atoms with E-state index in [0.29, 0.717) is 24.5 Å². The van der Waals surface area contributed by atoms with Crippen LogP contribution in [0.1, 0.15) is 16.7 Å². The van der Waals surface area contributed by atoms with Crippen LogP contribution in [0.2, 0.25) is 0 Å². The molecule has 0 atom stereocenters. The summed E-state index contributed by atoms with van der Waals surface area (Å²) >= 11 is 0. The van der Waals surface area contributed by atoms with Crippen molar-refractivity contribution in [3.8, 4) is 0 Å². The molecule has 0 bridgehead atoms. The molecule has 0 radical (unpaired) electrons. The maximum atomic E-state index is 12.5. The second-order valence-corrected chi connectivity index (χ2v) is 5.68. The van der Waals surface area contributed by atoms with E-state index in [-0.39, 0.29) is 12.2 Å². The second-order valence-electron chi connectivity index (χ2n) is 5.68. The number of alkyl halides is 3. The lowest BCUT2D eigenvalue weighted by atomic mass is 10.1. The maximum Gasteiger partial charge on any atom is 0.416 e. The lowest BCUT2D eigenvalue weighted by molar-refractivity contribution is -0.385. The minimum Gasteiger partial charge on any atom is -0.356 e. The number of para-hydroxylation sites is 1. The highest BCUT2D eigenvalue weighted by atomic mass is 19.4. The SMILES string of the molecule is CN=C(NCCc1ccc(C(F)(F)F)cc1)NCc1ccccc1[N+](=O)[O-]. The standard InChI is InChI=1S/C18H19F3N4O2/c1-22-17(24-12-14-4-2-3-5-16(14)25(26)27)23-11-10-13-6-8-15(9-7-13)18(19,20)21/h2-9H,10-12H2,1H3,(H2,22,23,24). The summed E-state index contributed by atoms with van der Waals surface area (Å²) in [6.07, 6.45) is -3.84. The Labute approximate surface area is 154 Å². The molecule has 0 aliphatic rings. The number of nitrogens with zero attached hydrogens (tertiary/aromatic N) is 2. The van der Waals surface area contributed by atoms with E-state index < -0.39 is 16.7 Å². The molecule has 0 aromatic heterocycles. The number of hydrogen-bond donors (Lipinski definition) is 2. The van der Waals surface area contributed by atoms with E-state index in [4.69, 9.17) is 0 Å². The zero-order chi connectivity index (χ0) is 19.9. The number of rotatable bonds is 6. The molecule has 0 amide bonds. The van der Waals surface area contributed by atoms with Crippen LogP contribution in [0.5, 0.6) is 0 Å². The van der Waals surface area contributed by atoms with Crippen LogP contribution < -0.4 is 10.6 Å². The molecule has 0 fully saturated rings. The zero-order valence-corrected chi connectivity index (χ0v) is 14.6. The summed E-state index contributed by atoms with van der Waals surface area (Å²) in [5.41, 5.74) is 0.615. The Morgan fingerprint density at radius 2 is 1.78 bits per heavy atom. The first-order chi connectivity index (χ1) is 12.8. The Bertz CT molecular complexity index is 805. The van der Waals surface area contributed by atoms with E-state index in [2.05, 4.69) is 15.6 Å². The Morgan fingerprint density at radius 3 is 2.37 bits per heavy atom. The number of halogens is 3. The molecule has 6 nitrogen and oxygen atoms in total. The molecule has 0 unspecified atom stereocenters. The fraction of sp³-hybridized carbons (Fsp3) is 0.278. The molecule has 0 saturated heterocycles. The summed E-state index contributed by atoms with van der Waals surface area (Å²) in [5.74, 6) is 0.445. The number of nitrogens with one attached hydrogen (secondary N) is 2. The number of nitro groups is 1. The summed E-state index contributed by atoms with van der Waals surface area (Å²) in [6, 6.07) is 11.4. The van der Waals surface area contributed by atoms with Crippen molar-refractivity contribution >= 4 is 11.6 Å². The third-order valence-electron chi connectivity index (χ3n) is 3.85. The maximum absolute atomic E-state index is 12.5. The third kappa shape index (κ3) is 5.98.